The SMILES string of the molecule is Brc1ccc(C2=NN(c3cccc(Br)c3)[C@H](c3ccccc3)C2)cc1. The summed E-state index contributed by atoms with van der Waals surface area (Å²) in [6.45, 7) is 0. The van der Waals surface area contributed by atoms with Gasteiger partial charge in [-0.3, -0.25) is 5.01 Å². The summed E-state index contributed by atoms with van der Waals surface area (Å²) in [6, 6.07) is 27.5. The molecule has 3 aromatic carbocycles. The second-order valence-electron chi connectivity index (χ2n) is 6.01. The Kier molecular flexibility index (Phi) is 4.73. The number of anilines is 1. The standard InChI is InChI=1S/C21H16Br2N2/c22-17-11-9-15(10-12-17)20-14-21(16-5-2-1-3-6-16)25(24-20)19-8-4-7-18(23)13-19/h1-13,21H,14H2/t21-/m0/s1. The van der Waals surface area contributed by atoms with Gasteiger partial charge in [-0.15, -0.1) is 0 Å². The minimum atomic E-state index is 0.203. The lowest BCUT2D eigenvalue weighted by Gasteiger charge is -2.24. The van der Waals surface area contributed by atoms with Crippen LogP contribution in [-0.4, -0.2) is 5.71 Å². The molecule has 0 unspecified atom stereocenters. The van der Waals surface area contributed by atoms with E-state index in [9.17, 15) is 0 Å². The predicted octanol–water partition coefficient (Wildman–Crippen LogP) is 6.57. The van der Waals surface area contributed by atoms with E-state index in [-0.39, 0.29) is 6.04 Å². The van der Waals surface area contributed by atoms with Crippen molar-refractivity contribution >= 4 is 43.3 Å². The second-order valence-corrected chi connectivity index (χ2v) is 7.84. The zero-order valence-electron chi connectivity index (χ0n) is 13.4. The molecule has 0 fully saturated rings. The number of nitrogens with zero attached hydrogens (tertiary/aromatic N) is 2. The number of hydrogen-bond donors (Lipinski definition) is 0. The molecular formula is C21H16Br2N2. The molecule has 3 aromatic rings. The maximum atomic E-state index is 4.97. The van der Waals surface area contributed by atoms with Crippen LogP contribution in [0.15, 0.2) is 92.9 Å². The van der Waals surface area contributed by atoms with Crippen LogP contribution in [-0.2, 0) is 0 Å². The molecule has 0 spiro atoms. The number of benzene rings is 3. The lowest BCUT2D eigenvalue weighted by atomic mass is 9.98. The van der Waals surface area contributed by atoms with Gasteiger partial charge in [0.1, 0.15) is 0 Å². The van der Waals surface area contributed by atoms with Gasteiger partial charge in [0.2, 0.25) is 0 Å². The van der Waals surface area contributed by atoms with E-state index in [2.05, 4.69) is 110 Å². The Morgan fingerprint density at radius 1 is 0.800 bits per heavy atom. The molecule has 2 nitrogen and oxygen atoms in total. The quantitative estimate of drug-likeness (QED) is 0.436. The van der Waals surface area contributed by atoms with Gasteiger partial charge in [0.25, 0.3) is 0 Å². The van der Waals surface area contributed by atoms with E-state index < -0.39 is 0 Å². The summed E-state index contributed by atoms with van der Waals surface area (Å²) in [4.78, 5) is 0. The third kappa shape index (κ3) is 3.55. The number of rotatable bonds is 3. The van der Waals surface area contributed by atoms with Crippen molar-refractivity contribution in [2.45, 2.75) is 12.5 Å². The molecule has 1 aliphatic heterocycles. The molecule has 0 saturated carbocycles. The molecule has 0 radical (unpaired) electrons. The molecule has 1 heterocycles. The van der Waals surface area contributed by atoms with Crippen LogP contribution in [0, 0.1) is 0 Å². The fourth-order valence-electron chi connectivity index (χ4n) is 3.12. The molecule has 25 heavy (non-hydrogen) atoms. The molecule has 0 aliphatic carbocycles. The zero-order chi connectivity index (χ0) is 17.2. The first-order chi connectivity index (χ1) is 12.2. The Labute approximate surface area is 164 Å². The van der Waals surface area contributed by atoms with Gasteiger partial charge >= 0.3 is 0 Å². The van der Waals surface area contributed by atoms with Crippen molar-refractivity contribution in [1.82, 2.24) is 0 Å². The molecule has 0 bridgehead atoms. The van der Waals surface area contributed by atoms with Crippen LogP contribution in [0.5, 0.6) is 0 Å². The smallest absolute Gasteiger partial charge is 0.0831 e. The van der Waals surface area contributed by atoms with Crippen LogP contribution < -0.4 is 5.01 Å². The van der Waals surface area contributed by atoms with Crippen LogP contribution in [0.1, 0.15) is 23.6 Å². The van der Waals surface area contributed by atoms with Gasteiger partial charge in [0.15, 0.2) is 0 Å². The van der Waals surface area contributed by atoms with Crippen molar-refractivity contribution in [2.24, 2.45) is 5.10 Å². The Morgan fingerprint density at radius 2 is 1.56 bits per heavy atom. The van der Waals surface area contributed by atoms with E-state index in [0.717, 1.165) is 26.8 Å². The third-order valence-corrected chi connectivity index (χ3v) is 5.37. The molecule has 4 heteroatoms. The Morgan fingerprint density at radius 3 is 2.28 bits per heavy atom. The van der Waals surface area contributed by atoms with Gasteiger partial charge in [-0.25, -0.2) is 0 Å². The van der Waals surface area contributed by atoms with Crippen molar-refractivity contribution in [1.29, 1.82) is 0 Å². The minimum absolute atomic E-state index is 0.203. The van der Waals surface area contributed by atoms with Crippen LogP contribution in [0.4, 0.5) is 5.69 Å². The van der Waals surface area contributed by atoms with E-state index in [1.54, 1.807) is 0 Å². The Bertz CT molecular complexity index is 905. The van der Waals surface area contributed by atoms with E-state index in [4.69, 9.17) is 5.10 Å². The van der Waals surface area contributed by atoms with Crippen LogP contribution >= 0.6 is 31.9 Å². The monoisotopic (exact) mass is 454 g/mol. The van der Waals surface area contributed by atoms with Crippen molar-refractivity contribution in [3.05, 3.63) is 98.9 Å². The van der Waals surface area contributed by atoms with Crippen LogP contribution in [0.2, 0.25) is 0 Å². The lowest BCUT2D eigenvalue weighted by Crippen LogP contribution is -2.18. The average Bonchev–Trinajstić information content (AvgIpc) is 3.08. The molecule has 1 aliphatic rings. The maximum Gasteiger partial charge on any atom is 0.0831 e. The number of hydrazone groups is 1. The van der Waals surface area contributed by atoms with Crippen LogP contribution in [0.25, 0.3) is 0 Å². The fourth-order valence-corrected chi connectivity index (χ4v) is 3.77. The van der Waals surface area contributed by atoms with Crippen LogP contribution in [0.3, 0.4) is 0 Å². The number of hydrogen-bond acceptors (Lipinski definition) is 2. The highest BCUT2D eigenvalue weighted by molar-refractivity contribution is 9.10. The summed E-state index contributed by atoms with van der Waals surface area (Å²) < 4.78 is 2.14. The second kappa shape index (κ2) is 7.14. The first-order valence-corrected chi connectivity index (χ1v) is 9.72. The molecule has 4 rings (SSSR count). The van der Waals surface area contributed by atoms with Crippen molar-refractivity contribution < 1.29 is 0 Å². The lowest BCUT2D eigenvalue weighted by molar-refractivity contribution is 0.709. The van der Waals surface area contributed by atoms with Gasteiger partial charge in [0.05, 0.1) is 17.4 Å². The van der Waals surface area contributed by atoms with Gasteiger partial charge in [0, 0.05) is 15.4 Å². The van der Waals surface area contributed by atoms with Gasteiger partial charge in [-0.1, -0.05) is 80.4 Å². The van der Waals surface area contributed by atoms with E-state index in [1.165, 1.54) is 11.1 Å². The summed E-state index contributed by atoms with van der Waals surface area (Å²) >= 11 is 7.08. The fraction of sp³-hybridized carbons (Fsp3) is 0.0952. The molecule has 0 amide bonds. The van der Waals surface area contributed by atoms with Gasteiger partial charge in [-0.2, -0.15) is 5.10 Å². The maximum absolute atomic E-state index is 4.97. The Hall–Kier alpha value is -1.91. The molecular weight excluding hydrogens is 440 g/mol. The van der Waals surface area contributed by atoms with E-state index in [1.807, 2.05) is 6.07 Å². The van der Waals surface area contributed by atoms with Gasteiger partial charge < -0.3 is 0 Å². The third-order valence-electron chi connectivity index (χ3n) is 4.34. The minimum Gasteiger partial charge on any atom is -0.257 e. The highest BCUT2D eigenvalue weighted by Gasteiger charge is 2.29. The average molecular weight is 456 g/mol. The van der Waals surface area contributed by atoms with E-state index in [0.29, 0.717) is 0 Å². The summed E-state index contributed by atoms with van der Waals surface area (Å²) in [5.41, 5.74) is 4.65. The largest absolute Gasteiger partial charge is 0.257 e. The zero-order valence-corrected chi connectivity index (χ0v) is 16.6. The highest BCUT2D eigenvalue weighted by Crippen LogP contribution is 2.37. The van der Waals surface area contributed by atoms with E-state index >= 15 is 0 Å². The Balaban J connectivity index is 1.76. The molecule has 0 saturated heterocycles. The molecule has 0 N–H and O–H groups in total. The summed E-state index contributed by atoms with van der Waals surface area (Å²) in [5.74, 6) is 0. The first-order valence-electron chi connectivity index (χ1n) is 8.14. The van der Waals surface area contributed by atoms with Crippen molar-refractivity contribution in [3.8, 4) is 0 Å². The van der Waals surface area contributed by atoms with Crippen molar-refractivity contribution in [3.63, 3.8) is 0 Å². The summed E-state index contributed by atoms with van der Waals surface area (Å²) in [7, 11) is 0. The topological polar surface area (TPSA) is 15.6 Å². The number of halogens is 2. The molecule has 0 aromatic heterocycles. The summed E-state index contributed by atoms with van der Waals surface area (Å²) in [6.07, 6.45) is 0.887. The highest BCUT2D eigenvalue weighted by atomic mass is 79.9. The first kappa shape index (κ1) is 16.6. The van der Waals surface area contributed by atoms with Crippen molar-refractivity contribution in [2.75, 3.05) is 5.01 Å². The normalized spacial score (nSPS) is 16.8. The predicted molar refractivity (Wildman–Crippen MR) is 111 cm³/mol. The molecule has 124 valence electrons. The molecule has 1 atom stereocenters. The summed E-state index contributed by atoms with van der Waals surface area (Å²) in [5, 5.41) is 7.11. The van der Waals surface area contributed by atoms with Gasteiger partial charge in [-0.05, 0) is 41.5 Å².